The zero-order valence-corrected chi connectivity index (χ0v) is 22.3. The van der Waals surface area contributed by atoms with E-state index in [9.17, 15) is 19.2 Å². The minimum absolute atomic E-state index is 0.0731. The van der Waals surface area contributed by atoms with Crippen molar-refractivity contribution in [3.05, 3.63) is 83.9 Å². The van der Waals surface area contributed by atoms with Crippen LogP contribution in [0.1, 0.15) is 50.3 Å². The van der Waals surface area contributed by atoms with Gasteiger partial charge in [0.1, 0.15) is 12.1 Å². The molecule has 9 heteroatoms. The summed E-state index contributed by atoms with van der Waals surface area (Å²) >= 11 is 0. The molecule has 1 fully saturated rings. The first-order valence-corrected chi connectivity index (χ1v) is 13.3. The van der Waals surface area contributed by atoms with Crippen LogP contribution in [0.15, 0.2) is 72.8 Å². The number of amides is 3. The molecule has 0 saturated carbocycles. The van der Waals surface area contributed by atoms with Crippen molar-refractivity contribution >= 4 is 23.9 Å². The summed E-state index contributed by atoms with van der Waals surface area (Å²) in [6.07, 6.45) is 2.69. The number of rotatable bonds is 13. The highest BCUT2D eigenvalue weighted by atomic mass is 16.6. The van der Waals surface area contributed by atoms with Crippen molar-refractivity contribution < 1.29 is 29.0 Å². The molecule has 2 aromatic rings. The topological polar surface area (TPSA) is 134 Å². The van der Waals surface area contributed by atoms with Crippen LogP contribution in [0.5, 0.6) is 0 Å². The van der Waals surface area contributed by atoms with Gasteiger partial charge >= 0.3 is 12.1 Å². The fourth-order valence-corrected chi connectivity index (χ4v) is 4.58. The number of benzene rings is 2. The van der Waals surface area contributed by atoms with Crippen molar-refractivity contribution in [1.29, 1.82) is 0 Å². The Hall–Kier alpha value is -4.14. The van der Waals surface area contributed by atoms with Crippen LogP contribution in [-0.2, 0) is 25.5 Å². The van der Waals surface area contributed by atoms with E-state index in [1.165, 1.54) is 6.08 Å². The molecule has 3 rings (SSSR count). The molecule has 9 nitrogen and oxygen atoms in total. The molecule has 0 spiro atoms. The lowest BCUT2D eigenvalue weighted by atomic mass is 9.97. The number of carboxylic acids is 1. The van der Waals surface area contributed by atoms with Gasteiger partial charge in [-0.3, -0.25) is 9.59 Å². The fourth-order valence-electron chi connectivity index (χ4n) is 4.58. The monoisotopic (exact) mass is 535 g/mol. The van der Waals surface area contributed by atoms with Crippen LogP contribution in [0.2, 0.25) is 0 Å². The Morgan fingerprint density at radius 3 is 2.31 bits per heavy atom. The van der Waals surface area contributed by atoms with E-state index >= 15 is 0 Å². The predicted molar refractivity (Wildman–Crippen MR) is 147 cm³/mol. The SMILES string of the molecule is CC(C)CC(NC(=O)OC(Cc1ccccc1)c1ccccc1)C(=O)NC(/C=C/C(=O)O)C[C@@H]1CCNC1=O. The van der Waals surface area contributed by atoms with Gasteiger partial charge < -0.3 is 25.8 Å². The Bertz CT molecular complexity index is 1140. The summed E-state index contributed by atoms with van der Waals surface area (Å²) in [5.74, 6) is -2.01. The van der Waals surface area contributed by atoms with Crippen LogP contribution in [0.4, 0.5) is 4.79 Å². The maximum Gasteiger partial charge on any atom is 0.408 e. The van der Waals surface area contributed by atoms with Gasteiger partial charge in [-0.05, 0) is 36.3 Å². The largest absolute Gasteiger partial charge is 0.478 e. The Labute approximate surface area is 229 Å². The first-order valence-electron chi connectivity index (χ1n) is 13.3. The molecule has 39 heavy (non-hydrogen) atoms. The van der Waals surface area contributed by atoms with Crippen LogP contribution in [0, 0.1) is 11.8 Å². The maximum atomic E-state index is 13.3. The maximum absolute atomic E-state index is 13.3. The standard InChI is InChI=1S/C30H37N3O6/c1-20(2)17-25(29(37)32-24(13-14-27(34)35)19-23-15-16-31-28(23)36)33-30(38)39-26(22-11-7-4-8-12-22)18-21-9-5-3-6-10-21/h3-14,20,23-26H,15-19H2,1-2H3,(H,31,36)(H,32,37)(H,33,38)(H,34,35)/b14-13+/t23-,24?,25?,26?/m0/s1. The van der Waals surface area contributed by atoms with Gasteiger partial charge in [-0.2, -0.15) is 0 Å². The Morgan fingerprint density at radius 1 is 1.05 bits per heavy atom. The molecule has 3 amide bonds. The van der Waals surface area contributed by atoms with Crippen molar-refractivity contribution in [2.45, 2.75) is 57.7 Å². The third-order valence-electron chi connectivity index (χ3n) is 6.50. The van der Waals surface area contributed by atoms with E-state index in [1.807, 2.05) is 74.5 Å². The second-order valence-corrected chi connectivity index (χ2v) is 10.1. The number of carbonyl (C=O) groups excluding carboxylic acids is 3. The lowest BCUT2D eigenvalue weighted by molar-refractivity contribution is -0.131. The molecule has 4 N–H and O–H groups in total. The molecule has 1 aliphatic heterocycles. The van der Waals surface area contributed by atoms with E-state index in [4.69, 9.17) is 9.84 Å². The number of carboxylic acid groups (broad SMARTS) is 1. The molecule has 4 atom stereocenters. The van der Waals surface area contributed by atoms with Crippen LogP contribution in [0.25, 0.3) is 0 Å². The molecule has 1 saturated heterocycles. The van der Waals surface area contributed by atoms with Gasteiger partial charge in [0, 0.05) is 31.0 Å². The fraction of sp³-hybridized carbons (Fsp3) is 0.400. The second kappa shape index (κ2) is 14.7. The Balaban J connectivity index is 1.71. The molecule has 1 heterocycles. The van der Waals surface area contributed by atoms with Crippen molar-refractivity contribution in [3.8, 4) is 0 Å². The number of hydrogen-bond donors (Lipinski definition) is 4. The zero-order valence-electron chi connectivity index (χ0n) is 22.3. The predicted octanol–water partition coefficient (Wildman–Crippen LogP) is 3.76. The molecule has 0 aliphatic carbocycles. The van der Waals surface area contributed by atoms with Crippen LogP contribution < -0.4 is 16.0 Å². The highest BCUT2D eigenvalue weighted by Gasteiger charge is 2.30. The smallest absolute Gasteiger partial charge is 0.408 e. The second-order valence-electron chi connectivity index (χ2n) is 10.1. The van der Waals surface area contributed by atoms with Gasteiger partial charge in [0.25, 0.3) is 0 Å². The molecular formula is C30H37N3O6. The molecule has 0 radical (unpaired) electrons. The van der Waals surface area contributed by atoms with Crippen molar-refractivity contribution in [2.75, 3.05) is 6.54 Å². The summed E-state index contributed by atoms with van der Waals surface area (Å²) in [5, 5.41) is 17.4. The van der Waals surface area contributed by atoms with Gasteiger partial charge in [-0.25, -0.2) is 9.59 Å². The minimum atomic E-state index is -1.16. The Kier molecular flexibility index (Phi) is 11.1. The highest BCUT2D eigenvalue weighted by molar-refractivity contribution is 5.86. The molecule has 0 bridgehead atoms. The van der Waals surface area contributed by atoms with Crippen LogP contribution in [0.3, 0.4) is 0 Å². The van der Waals surface area contributed by atoms with Crippen LogP contribution in [-0.4, -0.2) is 47.6 Å². The third-order valence-corrected chi connectivity index (χ3v) is 6.50. The summed E-state index contributed by atoms with van der Waals surface area (Å²) in [6, 6.07) is 17.5. The lowest BCUT2D eigenvalue weighted by Gasteiger charge is -2.25. The van der Waals surface area contributed by atoms with E-state index in [-0.39, 0.29) is 24.2 Å². The summed E-state index contributed by atoms with van der Waals surface area (Å²) in [5.41, 5.74) is 1.83. The van der Waals surface area contributed by atoms with Gasteiger partial charge in [-0.1, -0.05) is 80.6 Å². The van der Waals surface area contributed by atoms with Crippen molar-refractivity contribution in [3.63, 3.8) is 0 Å². The zero-order chi connectivity index (χ0) is 28.2. The van der Waals surface area contributed by atoms with Gasteiger partial charge in [0.2, 0.25) is 11.8 Å². The number of ether oxygens (including phenoxy) is 1. The van der Waals surface area contributed by atoms with E-state index in [0.717, 1.165) is 17.2 Å². The van der Waals surface area contributed by atoms with E-state index in [2.05, 4.69) is 16.0 Å². The number of carbonyl (C=O) groups is 4. The van der Waals surface area contributed by atoms with E-state index < -0.39 is 36.2 Å². The number of aliphatic carboxylic acids is 1. The summed E-state index contributed by atoms with van der Waals surface area (Å²) in [4.78, 5) is 49.6. The van der Waals surface area contributed by atoms with E-state index in [1.54, 1.807) is 0 Å². The van der Waals surface area contributed by atoms with E-state index in [0.29, 0.717) is 25.8 Å². The molecule has 1 aliphatic rings. The number of alkyl carbamates (subject to hydrolysis) is 1. The quantitative estimate of drug-likeness (QED) is 0.289. The normalized spacial score (nSPS) is 17.3. The van der Waals surface area contributed by atoms with Crippen molar-refractivity contribution in [2.24, 2.45) is 11.8 Å². The first-order chi connectivity index (χ1) is 18.7. The van der Waals surface area contributed by atoms with Crippen molar-refractivity contribution in [1.82, 2.24) is 16.0 Å². The third kappa shape index (κ3) is 9.92. The molecule has 0 aromatic heterocycles. The van der Waals surface area contributed by atoms with Gasteiger partial charge in [0.15, 0.2) is 0 Å². The molecular weight excluding hydrogens is 498 g/mol. The lowest BCUT2D eigenvalue weighted by Crippen LogP contribution is -2.50. The average Bonchev–Trinajstić information content (AvgIpc) is 3.31. The number of hydrogen-bond acceptors (Lipinski definition) is 5. The summed E-state index contributed by atoms with van der Waals surface area (Å²) in [7, 11) is 0. The highest BCUT2D eigenvalue weighted by Crippen LogP contribution is 2.23. The van der Waals surface area contributed by atoms with Crippen LogP contribution >= 0.6 is 0 Å². The average molecular weight is 536 g/mol. The first kappa shape index (κ1) is 29.4. The van der Waals surface area contributed by atoms with Gasteiger partial charge in [-0.15, -0.1) is 0 Å². The molecule has 208 valence electrons. The minimum Gasteiger partial charge on any atom is -0.478 e. The number of nitrogens with one attached hydrogen (secondary N) is 3. The molecule has 3 unspecified atom stereocenters. The molecule has 2 aromatic carbocycles. The summed E-state index contributed by atoms with van der Waals surface area (Å²) in [6.45, 7) is 4.40. The Morgan fingerprint density at radius 2 is 1.72 bits per heavy atom. The van der Waals surface area contributed by atoms with Gasteiger partial charge in [0.05, 0.1) is 0 Å². The summed E-state index contributed by atoms with van der Waals surface area (Å²) < 4.78 is 5.83.